The molecule has 186 valence electrons. The number of aliphatic imine (C=N–C) groups is 1. The lowest BCUT2D eigenvalue weighted by molar-refractivity contribution is -0.172. The molecule has 36 heavy (non-hydrogen) atoms. The Morgan fingerprint density at radius 1 is 0.861 bits per heavy atom. The van der Waals surface area contributed by atoms with Crippen molar-refractivity contribution in [3.8, 4) is 0 Å². The van der Waals surface area contributed by atoms with Gasteiger partial charge < -0.3 is 15.3 Å². The predicted octanol–water partition coefficient (Wildman–Crippen LogP) is 5.44. The van der Waals surface area contributed by atoms with Crippen molar-refractivity contribution in [1.29, 1.82) is 0 Å². The molecule has 3 atom stereocenters. The van der Waals surface area contributed by atoms with Crippen LogP contribution in [0.2, 0.25) is 0 Å². The zero-order chi connectivity index (χ0) is 25.0. The van der Waals surface area contributed by atoms with Gasteiger partial charge in [-0.2, -0.15) is 0 Å². The summed E-state index contributed by atoms with van der Waals surface area (Å²) in [6, 6.07) is 28.7. The van der Waals surface area contributed by atoms with Gasteiger partial charge in [-0.25, -0.2) is 13.4 Å². The minimum atomic E-state index is -3.85. The maximum absolute atomic E-state index is 13.2. The summed E-state index contributed by atoms with van der Waals surface area (Å²) >= 11 is 0. The van der Waals surface area contributed by atoms with Gasteiger partial charge in [0.25, 0.3) is 5.17 Å². The zero-order valence-electron chi connectivity index (χ0n) is 19.7. The quantitative estimate of drug-likeness (QED) is 0.163. The average Bonchev–Trinajstić information content (AvgIpc) is 3.48. The monoisotopic (exact) mass is 504 g/mol. The van der Waals surface area contributed by atoms with Gasteiger partial charge in [0.2, 0.25) is 9.84 Å². The maximum Gasteiger partial charge on any atom is 0.269 e. The Kier molecular flexibility index (Phi) is 6.95. The van der Waals surface area contributed by atoms with E-state index in [0.717, 1.165) is 11.1 Å². The fourth-order valence-corrected chi connectivity index (χ4v) is 6.48. The number of hydrogen-bond donors (Lipinski definition) is 1. The van der Waals surface area contributed by atoms with E-state index in [1.165, 1.54) is 0 Å². The van der Waals surface area contributed by atoms with Crippen LogP contribution in [0.4, 0.5) is 5.69 Å². The minimum Gasteiger partial charge on any atom is -0.339 e. The number of nitrogens with zero attached hydrogens (tertiary/aromatic N) is 3. The predicted molar refractivity (Wildman–Crippen MR) is 137 cm³/mol. The molecule has 9 heteroatoms. The Morgan fingerprint density at radius 3 is 1.92 bits per heavy atom. The molecule has 3 aromatic rings. The topological polar surface area (TPSA) is 116 Å². The van der Waals surface area contributed by atoms with Gasteiger partial charge in [0, 0.05) is 12.8 Å². The third kappa shape index (κ3) is 5.23. The third-order valence-corrected chi connectivity index (χ3v) is 8.24. The van der Waals surface area contributed by atoms with Crippen LogP contribution in [0.25, 0.3) is 0 Å². The van der Waals surface area contributed by atoms with Crippen LogP contribution in [0.5, 0.6) is 0 Å². The minimum absolute atomic E-state index is 0.141. The van der Waals surface area contributed by atoms with Crippen LogP contribution in [-0.4, -0.2) is 25.1 Å². The molecule has 1 aliphatic carbocycles. The molecule has 1 spiro atoms. The second kappa shape index (κ2) is 10.3. The second-order valence-corrected chi connectivity index (χ2v) is 11.1. The number of amidine groups is 1. The molecule has 2 fully saturated rings. The molecule has 5 rings (SSSR count). The second-order valence-electron chi connectivity index (χ2n) is 9.14. The van der Waals surface area contributed by atoms with E-state index < -0.39 is 20.8 Å². The molecule has 0 aromatic heterocycles. The van der Waals surface area contributed by atoms with Crippen molar-refractivity contribution < 1.29 is 17.9 Å². The number of sulfone groups is 1. The van der Waals surface area contributed by atoms with E-state index in [0.29, 0.717) is 24.9 Å². The van der Waals surface area contributed by atoms with Crippen molar-refractivity contribution in [2.45, 2.75) is 37.3 Å². The Bertz CT molecular complexity index is 1280. The highest BCUT2D eigenvalue weighted by atomic mass is 32.2. The van der Waals surface area contributed by atoms with Crippen LogP contribution in [0.15, 0.2) is 106 Å². The summed E-state index contributed by atoms with van der Waals surface area (Å²) in [6.07, 6.45) is 1.12. The lowest BCUT2D eigenvalue weighted by Gasteiger charge is -2.23. The number of benzene rings is 3. The summed E-state index contributed by atoms with van der Waals surface area (Å²) in [4.78, 5) is 4.18. The van der Waals surface area contributed by atoms with E-state index in [1.54, 1.807) is 24.3 Å². The Morgan fingerprint density at radius 2 is 1.39 bits per heavy atom. The zero-order valence-corrected chi connectivity index (χ0v) is 20.5. The highest BCUT2D eigenvalue weighted by molar-refractivity contribution is 8.06. The van der Waals surface area contributed by atoms with Gasteiger partial charge in [0.05, 0.1) is 11.4 Å². The molecular weight excluding hydrogens is 476 g/mol. The molecule has 2 N–H and O–H groups in total. The summed E-state index contributed by atoms with van der Waals surface area (Å²) in [5.74, 6) is 4.02. The van der Waals surface area contributed by atoms with Crippen LogP contribution in [-0.2, 0) is 19.3 Å². The van der Waals surface area contributed by atoms with Crippen molar-refractivity contribution in [2.75, 3.05) is 5.75 Å². The van der Waals surface area contributed by atoms with Gasteiger partial charge in [-0.05, 0) is 35.6 Å². The molecule has 2 aliphatic rings. The van der Waals surface area contributed by atoms with Gasteiger partial charge in [0.15, 0.2) is 5.79 Å². The molecule has 3 aromatic carbocycles. The van der Waals surface area contributed by atoms with Crippen LogP contribution in [0.3, 0.4) is 0 Å². The fourth-order valence-electron chi connectivity index (χ4n) is 5.01. The summed E-state index contributed by atoms with van der Waals surface area (Å²) < 4.78 is 39.7. The highest BCUT2D eigenvalue weighted by Gasteiger charge is 2.53. The largest absolute Gasteiger partial charge is 0.339 e. The SMILES string of the molecule is NN=NC(=Nc1ccccc1)S(=O)(=O)C[C@H]1CCC2(C1)O[C@H](c1ccccc1)[C@@H](c1ccccc1)O2. The number of nitrogens with two attached hydrogens (primary N) is 1. The van der Waals surface area contributed by atoms with Crippen molar-refractivity contribution in [1.82, 2.24) is 0 Å². The van der Waals surface area contributed by atoms with Crippen molar-refractivity contribution in [3.63, 3.8) is 0 Å². The van der Waals surface area contributed by atoms with Crippen molar-refractivity contribution in [2.24, 2.45) is 27.1 Å². The molecular formula is C27H28N4O4S. The fraction of sp³-hybridized carbons (Fsp3) is 0.296. The summed E-state index contributed by atoms with van der Waals surface area (Å²) in [5, 5.41) is 6.43. The van der Waals surface area contributed by atoms with E-state index in [4.69, 9.17) is 15.3 Å². The summed E-state index contributed by atoms with van der Waals surface area (Å²) in [7, 11) is -3.85. The normalized spacial score (nSPS) is 24.0. The first kappa shape index (κ1) is 24.3. The molecule has 0 bridgehead atoms. The Balaban J connectivity index is 1.36. The van der Waals surface area contributed by atoms with Gasteiger partial charge in [-0.1, -0.05) is 89.2 Å². The van der Waals surface area contributed by atoms with E-state index in [-0.39, 0.29) is 23.9 Å². The van der Waals surface area contributed by atoms with E-state index in [2.05, 4.69) is 15.3 Å². The van der Waals surface area contributed by atoms with E-state index in [1.807, 2.05) is 66.7 Å². The molecule has 1 saturated carbocycles. The highest BCUT2D eigenvalue weighted by Crippen LogP contribution is 2.54. The van der Waals surface area contributed by atoms with Gasteiger partial charge in [0.1, 0.15) is 12.2 Å². The van der Waals surface area contributed by atoms with E-state index in [9.17, 15) is 8.42 Å². The van der Waals surface area contributed by atoms with Crippen LogP contribution >= 0.6 is 0 Å². The molecule has 0 unspecified atom stereocenters. The lowest BCUT2D eigenvalue weighted by Crippen LogP contribution is -2.28. The molecule has 1 saturated heterocycles. The molecule has 8 nitrogen and oxygen atoms in total. The lowest BCUT2D eigenvalue weighted by atomic mass is 9.99. The number of para-hydroxylation sites is 1. The maximum atomic E-state index is 13.2. The summed E-state index contributed by atoms with van der Waals surface area (Å²) in [6.45, 7) is 0. The van der Waals surface area contributed by atoms with E-state index >= 15 is 0 Å². The average molecular weight is 505 g/mol. The van der Waals surface area contributed by atoms with Crippen molar-refractivity contribution in [3.05, 3.63) is 102 Å². The van der Waals surface area contributed by atoms with Crippen LogP contribution in [0, 0.1) is 5.92 Å². The first-order valence-corrected chi connectivity index (χ1v) is 13.6. The van der Waals surface area contributed by atoms with Crippen LogP contribution < -0.4 is 5.84 Å². The standard InChI is InChI=1S/C27H28N4O4S/c28-31-30-26(29-23-14-8-3-9-15-23)36(32,33)19-20-16-17-27(18-20)34-24(21-10-4-1-5-11-21)25(35-27)22-12-6-2-7-13-22/h1-15,20,24-25H,16-19H2,(H2,28,29,30)/t20-,24+,25+/m0/s1. The first-order chi connectivity index (χ1) is 17.5. The molecule has 0 radical (unpaired) electrons. The Hall–Kier alpha value is -3.40. The van der Waals surface area contributed by atoms with Crippen molar-refractivity contribution >= 4 is 20.7 Å². The third-order valence-electron chi connectivity index (χ3n) is 6.61. The summed E-state index contributed by atoms with van der Waals surface area (Å²) in [5.41, 5.74) is 2.52. The molecule has 1 heterocycles. The van der Waals surface area contributed by atoms with Gasteiger partial charge in [-0.15, -0.1) is 0 Å². The Labute approximate surface area is 210 Å². The van der Waals surface area contributed by atoms with Crippen LogP contribution in [0.1, 0.15) is 42.6 Å². The number of rotatable bonds is 5. The van der Waals surface area contributed by atoms with Gasteiger partial charge in [-0.3, -0.25) is 0 Å². The number of hydrogen-bond acceptors (Lipinski definition) is 6. The molecule has 1 aliphatic heterocycles. The molecule has 0 amide bonds. The first-order valence-electron chi connectivity index (χ1n) is 11.9. The number of ether oxygens (including phenoxy) is 2. The smallest absolute Gasteiger partial charge is 0.269 e. The van der Waals surface area contributed by atoms with Gasteiger partial charge >= 0.3 is 0 Å².